The summed E-state index contributed by atoms with van der Waals surface area (Å²) in [5.41, 5.74) is 1.01. The van der Waals surface area contributed by atoms with Gasteiger partial charge in [-0.25, -0.2) is 0 Å². The zero-order valence-electron chi connectivity index (χ0n) is 17.7. The number of ether oxygens (including phenoxy) is 3. The van der Waals surface area contributed by atoms with Crippen LogP contribution in [0.25, 0.3) is 0 Å². The van der Waals surface area contributed by atoms with E-state index in [1.165, 1.54) is 19.4 Å². The molecule has 28 heavy (non-hydrogen) atoms. The largest absolute Gasteiger partial charge is 0.496 e. The van der Waals surface area contributed by atoms with Crippen LogP contribution in [0.1, 0.15) is 25.3 Å². The first-order valence-corrected chi connectivity index (χ1v) is 9.64. The van der Waals surface area contributed by atoms with Crippen molar-refractivity contribution in [2.24, 2.45) is 4.99 Å². The summed E-state index contributed by atoms with van der Waals surface area (Å²) in [6, 6.07) is 4.35. The number of hydrogen-bond acceptors (Lipinski definition) is 5. The predicted molar refractivity (Wildman–Crippen MR) is 125 cm³/mol. The van der Waals surface area contributed by atoms with E-state index >= 15 is 0 Å². The number of likely N-dealkylation sites (N-methyl/N-ethyl adjacent to an activating group) is 1. The third-order valence-corrected chi connectivity index (χ3v) is 5.12. The summed E-state index contributed by atoms with van der Waals surface area (Å²) >= 11 is 0. The van der Waals surface area contributed by atoms with Gasteiger partial charge < -0.3 is 24.8 Å². The monoisotopic (exact) mass is 506 g/mol. The molecule has 0 amide bonds. The van der Waals surface area contributed by atoms with Gasteiger partial charge in [0.25, 0.3) is 0 Å². The van der Waals surface area contributed by atoms with E-state index in [1.54, 1.807) is 28.4 Å². The first-order valence-electron chi connectivity index (χ1n) is 9.64. The standard InChI is InChI=1S/C20H34N4O3.HI/c1-6-24-11-7-8-15(24)14-23-20(21-2)22-10-9-17-18(26-4)12-16(25-3)13-19(17)27-5;/h12-13,15H,6-11,14H2,1-5H3,(H2,21,22,23);1H. The number of likely N-dealkylation sites (tertiary alicyclic amines) is 1. The van der Waals surface area contributed by atoms with Gasteiger partial charge in [0.1, 0.15) is 17.2 Å². The van der Waals surface area contributed by atoms with Crippen molar-refractivity contribution in [2.75, 3.05) is 54.6 Å². The molecule has 1 atom stereocenters. The van der Waals surface area contributed by atoms with Crippen LogP contribution >= 0.6 is 24.0 Å². The van der Waals surface area contributed by atoms with E-state index in [0.29, 0.717) is 6.04 Å². The van der Waals surface area contributed by atoms with Crippen LogP contribution in [0.4, 0.5) is 0 Å². The van der Waals surface area contributed by atoms with E-state index in [1.807, 2.05) is 12.1 Å². The molecule has 1 aromatic carbocycles. The van der Waals surface area contributed by atoms with Crippen LogP contribution in [0.3, 0.4) is 0 Å². The Morgan fingerprint density at radius 2 is 1.82 bits per heavy atom. The number of hydrogen-bond donors (Lipinski definition) is 2. The van der Waals surface area contributed by atoms with Crippen molar-refractivity contribution in [3.8, 4) is 17.2 Å². The van der Waals surface area contributed by atoms with Crippen molar-refractivity contribution in [3.05, 3.63) is 17.7 Å². The number of aliphatic imine (C=N–C) groups is 1. The van der Waals surface area contributed by atoms with Gasteiger partial charge in [0.2, 0.25) is 0 Å². The highest BCUT2D eigenvalue weighted by atomic mass is 127. The van der Waals surface area contributed by atoms with E-state index in [4.69, 9.17) is 14.2 Å². The van der Waals surface area contributed by atoms with Crippen molar-refractivity contribution in [1.29, 1.82) is 0 Å². The average Bonchev–Trinajstić information content (AvgIpc) is 3.17. The van der Waals surface area contributed by atoms with Crippen molar-refractivity contribution >= 4 is 29.9 Å². The molecular weight excluding hydrogens is 471 g/mol. The van der Waals surface area contributed by atoms with Gasteiger partial charge in [-0.05, 0) is 32.4 Å². The summed E-state index contributed by atoms with van der Waals surface area (Å²) in [5.74, 6) is 3.07. The third kappa shape index (κ3) is 6.58. The molecule has 8 heteroatoms. The predicted octanol–water partition coefficient (Wildman–Crippen LogP) is 2.52. The molecule has 1 aromatic rings. The zero-order valence-corrected chi connectivity index (χ0v) is 20.0. The lowest BCUT2D eigenvalue weighted by Crippen LogP contribution is -2.45. The van der Waals surface area contributed by atoms with Gasteiger partial charge in [-0.15, -0.1) is 24.0 Å². The van der Waals surface area contributed by atoms with Crippen molar-refractivity contribution in [2.45, 2.75) is 32.2 Å². The van der Waals surface area contributed by atoms with Gasteiger partial charge >= 0.3 is 0 Å². The summed E-state index contributed by atoms with van der Waals surface area (Å²) in [7, 11) is 6.75. The fourth-order valence-corrected chi connectivity index (χ4v) is 3.61. The second kappa shape index (κ2) is 12.9. The Balaban J connectivity index is 0.00000392. The Hall–Kier alpha value is -1.42. The highest BCUT2D eigenvalue weighted by molar-refractivity contribution is 14.0. The van der Waals surface area contributed by atoms with E-state index in [-0.39, 0.29) is 24.0 Å². The van der Waals surface area contributed by atoms with Crippen LogP contribution in [0.5, 0.6) is 17.2 Å². The molecule has 0 saturated carbocycles. The molecule has 0 aromatic heterocycles. The average molecular weight is 506 g/mol. The number of nitrogens with one attached hydrogen (secondary N) is 2. The van der Waals surface area contributed by atoms with Gasteiger partial charge in [-0.3, -0.25) is 9.89 Å². The lowest BCUT2D eigenvalue weighted by atomic mass is 10.1. The summed E-state index contributed by atoms with van der Waals surface area (Å²) in [4.78, 5) is 6.86. The SMILES string of the molecule is CCN1CCCC1CNC(=NC)NCCc1c(OC)cc(OC)cc1OC.I. The van der Waals surface area contributed by atoms with Crippen LogP contribution in [0.15, 0.2) is 17.1 Å². The second-order valence-electron chi connectivity index (χ2n) is 6.57. The molecule has 0 spiro atoms. The first kappa shape index (κ1) is 24.6. The van der Waals surface area contributed by atoms with E-state index in [0.717, 1.165) is 54.8 Å². The van der Waals surface area contributed by atoms with Crippen LogP contribution in [-0.4, -0.2) is 71.5 Å². The number of nitrogens with zero attached hydrogens (tertiary/aromatic N) is 2. The molecule has 7 nitrogen and oxygen atoms in total. The maximum absolute atomic E-state index is 5.51. The Labute approximate surface area is 186 Å². The lowest BCUT2D eigenvalue weighted by Gasteiger charge is -2.24. The molecule has 1 heterocycles. The minimum absolute atomic E-state index is 0. The summed E-state index contributed by atoms with van der Waals surface area (Å²) in [5, 5.41) is 6.84. The number of benzene rings is 1. The molecule has 1 fully saturated rings. The van der Waals surface area contributed by atoms with Crippen LogP contribution in [0, 0.1) is 0 Å². The van der Waals surface area contributed by atoms with Crippen molar-refractivity contribution in [3.63, 3.8) is 0 Å². The van der Waals surface area contributed by atoms with Gasteiger partial charge in [-0.2, -0.15) is 0 Å². The maximum Gasteiger partial charge on any atom is 0.191 e. The highest BCUT2D eigenvalue weighted by Gasteiger charge is 2.22. The topological polar surface area (TPSA) is 67.4 Å². The minimum atomic E-state index is 0. The molecule has 1 aliphatic rings. The lowest BCUT2D eigenvalue weighted by molar-refractivity contribution is 0.267. The number of methoxy groups -OCH3 is 3. The Morgan fingerprint density at radius 1 is 1.14 bits per heavy atom. The number of halogens is 1. The molecule has 0 radical (unpaired) electrons. The molecule has 2 N–H and O–H groups in total. The smallest absolute Gasteiger partial charge is 0.191 e. The van der Waals surface area contributed by atoms with E-state index in [2.05, 4.69) is 27.4 Å². The Bertz CT molecular complexity index is 602. The van der Waals surface area contributed by atoms with Crippen molar-refractivity contribution in [1.82, 2.24) is 15.5 Å². The molecule has 0 aliphatic carbocycles. The summed E-state index contributed by atoms with van der Waals surface area (Å²) in [6.07, 6.45) is 3.28. The van der Waals surface area contributed by atoms with Crippen molar-refractivity contribution < 1.29 is 14.2 Å². The Morgan fingerprint density at radius 3 is 2.36 bits per heavy atom. The zero-order chi connectivity index (χ0) is 19.6. The molecule has 1 unspecified atom stereocenters. The van der Waals surface area contributed by atoms with E-state index in [9.17, 15) is 0 Å². The van der Waals surface area contributed by atoms with Crippen LogP contribution in [0.2, 0.25) is 0 Å². The minimum Gasteiger partial charge on any atom is -0.496 e. The third-order valence-electron chi connectivity index (χ3n) is 5.12. The van der Waals surface area contributed by atoms with Crippen LogP contribution in [-0.2, 0) is 6.42 Å². The van der Waals surface area contributed by atoms with Gasteiger partial charge in [0.15, 0.2) is 5.96 Å². The Kier molecular flexibility index (Phi) is 11.4. The quantitative estimate of drug-likeness (QED) is 0.305. The summed E-state index contributed by atoms with van der Waals surface area (Å²) in [6.45, 7) is 6.17. The number of rotatable bonds is 9. The normalized spacial score (nSPS) is 17.0. The fraction of sp³-hybridized carbons (Fsp3) is 0.650. The molecule has 1 saturated heterocycles. The number of guanidine groups is 1. The first-order chi connectivity index (χ1) is 13.2. The molecule has 160 valence electrons. The van der Waals surface area contributed by atoms with Crippen LogP contribution < -0.4 is 24.8 Å². The van der Waals surface area contributed by atoms with Gasteiger partial charge in [-0.1, -0.05) is 6.92 Å². The second-order valence-corrected chi connectivity index (χ2v) is 6.57. The molecule has 2 rings (SSSR count). The summed E-state index contributed by atoms with van der Waals surface area (Å²) < 4.78 is 16.3. The fourth-order valence-electron chi connectivity index (χ4n) is 3.61. The maximum atomic E-state index is 5.51. The highest BCUT2D eigenvalue weighted by Crippen LogP contribution is 2.34. The van der Waals surface area contributed by atoms with Gasteiger partial charge in [0.05, 0.1) is 21.3 Å². The molecule has 0 bridgehead atoms. The van der Waals surface area contributed by atoms with Gasteiger partial charge in [0, 0.05) is 43.9 Å². The molecule has 1 aliphatic heterocycles. The molecular formula is C20H35IN4O3. The van der Waals surface area contributed by atoms with E-state index < -0.39 is 0 Å².